The molecule has 0 saturated carbocycles. The number of nitrogens with zero attached hydrogens (tertiary/aromatic N) is 2. The molecule has 0 aliphatic heterocycles. The molecular formula is C35H38ClN3O4S. The smallest absolute Gasteiger partial charge is 0.264 e. The van der Waals surface area contributed by atoms with E-state index in [-0.39, 0.29) is 23.8 Å². The summed E-state index contributed by atoms with van der Waals surface area (Å²) >= 11 is 6.30. The maximum Gasteiger partial charge on any atom is 0.264 e. The van der Waals surface area contributed by atoms with Crippen LogP contribution in [0.2, 0.25) is 5.02 Å². The second-order valence-electron chi connectivity index (χ2n) is 11.8. The summed E-state index contributed by atoms with van der Waals surface area (Å²) in [6.07, 6.45) is 0.227. The number of aryl methyl sites for hydroxylation is 1. The van der Waals surface area contributed by atoms with E-state index < -0.39 is 34.1 Å². The Hall–Kier alpha value is -4.14. The third-order valence-corrected chi connectivity index (χ3v) is 8.97. The third-order valence-electron chi connectivity index (χ3n) is 6.94. The number of halogens is 1. The average Bonchev–Trinajstić information content (AvgIpc) is 2.98. The first-order valence-corrected chi connectivity index (χ1v) is 16.2. The van der Waals surface area contributed by atoms with Gasteiger partial charge < -0.3 is 10.2 Å². The summed E-state index contributed by atoms with van der Waals surface area (Å²) in [5.74, 6) is -0.876. The number of nitrogens with one attached hydrogen (secondary N) is 1. The fourth-order valence-electron chi connectivity index (χ4n) is 4.80. The standard InChI is InChI=1S/C35H38ClN3O4S/c1-26-18-20-31(21-19-26)44(42,43)39(30-16-9-6-10-17-30)25-33(40)38(24-28-14-11-15-29(36)22-28)32(34(41)37-35(2,3)4)23-27-12-7-5-8-13-27/h5-22,32H,23-25H2,1-4H3,(H,37,41). The number of carbonyl (C=O) groups excluding carboxylic acids is 2. The topological polar surface area (TPSA) is 86.8 Å². The highest BCUT2D eigenvalue weighted by Crippen LogP contribution is 2.25. The van der Waals surface area contributed by atoms with Crippen molar-refractivity contribution in [2.24, 2.45) is 0 Å². The molecule has 0 aliphatic carbocycles. The number of benzene rings is 4. The van der Waals surface area contributed by atoms with Crippen molar-refractivity contribution in [3.63, 3.8) is 0 Å². The van der Waals surface area contributed by atoms with E-state index in [1.165, 1.54) is 17.0 Å². The Labute approximate surface area is 265 Å². The minimum absolute atomic E-state index is 0.0433. The highest BCUT2D eigenvalue weighted by Gasteiger charge is 2.35. The molecule has 1 unspecified atom stereocenters. The number of anilines is 1. The van der Waals surface area contributed by atoms with Crippen molar-refractivity contribution in [1.29, 1.82) is 0 Å². The largest absolute Gasteiger partial charge is 0.350 e. The molecule has 0 bridgehead atoms. The van der Waals surface area contributed by atoms with E-state index in [9.17, 15) is 18.0 Å². The van der Waals surface area contributed by atoms with Crippen LogP contribution in [0.4, 0.5) is 5.69 Å². The molecule has 0 saturated heterocycles. The molecule has 44 heavy (non-hydrogen) atoms. The van der Waals surface area contributed by atoms with Crippen LogP contribution >= 0.6 is 11.6 Å². The van der Waals surface area contributed by atoms with Crippen molar-refractivity contribution in [2.75, 3.05) is 10.8 Å². The summed E-state index contributed by atoms with van der Waals surface area (Å²) in [4.78, 5) is 29.9. The minimum atomic E-state index is -4.15. The first-order valence-electron chi connectivity index (χ1n) is 14.4. The first-order chi connectivity index (χ1) is 20.8. The van der Waals surface area contributed by atoms with Gasteiger partial charge in [0.05, 0.1) is 10.6 Å². The normalized spacial score (nSPS) is 12.3. The van der Waals surface area contributed by atoms with Gasteiger partial charge in [0.15, 0.2) is 0 Å². The summed E-state index contributed by atoms with van der Waals surface area (Å²) in [5, 5.41) is 3.52. The van der Waals surface area contributed by atoms with Crippen LogP contribution in [-0.2, 0) is 32.6 Å². The summed E-state index contributed by atoms with van der Waals surface area (Å²) in [7, 11) is -4.15. The fourth-order valence-corrected chi connectivity index (χ4v) is 6.43. The Morgan fingerprint density at radius 1 is 0.818 bits per heavy atom. The number of para-hydroxylation sites is 1. The second kappa shape index (κ2) is 14.1. The van der Waals surface area contributed by atoms with E-state index in [1.807, 2.05) is 64.1 Å². The predicted molar refractivity (Wildman–Crippen MR) is 176 cm³/mol. The van der Waals surface area contributed by atoms with E-state index in [4.69, 9.17) is 11.6 Å². The maximum absolute atomic E-state index is 14.5. The molecule has 0 spiro atoms. The molecule has 4 aromatic rings. The minimum Gasteiger partial charge on any atom is -0.350 e. The molecule has 0 fully saturated rings. The van der Waals surface area contributed by atoms with Gasteiger partial charge in [-0.3, -0.25) is 13.9 Å². The number of carbonyl (C=O) groups is 2. The van der Waals surface area contributed by atoms with Crippen LogP contribution in [0, 0.1) is 6.92 Å². The highest BCUT2D eigenvalue weighted by atomic mass is 35.5. The van der Waals surface area contributed by atoms with Crippen LogP contribution < -0.4 is 9.62 Å². The summed E-state index contributed by atoms with van der Waals surface area (Å²) in [6.45, 7) is 7.02. The number of hydrogen-bond acceptors (Lipinski definition) is 4. The van der Waals surface area contributed by atoms with Gasteiger partial charge in [-0.05, 0) is 75.2 Å². The van der Waals surface area contributed by atoms with Gasteiger partial charge in [0.2, 0.25) is 11.8 Å². The molecule has 0 radical (unpaired) electrons. The van der Waals surface area contributed by atoms with Crippen molar-refractivity contribution in [2.45, 2.75) is 57.1 Å². The Balaban J connectivity index is 1.80. The number of amides is 2. The van der Waals surface area contributed by atoms with Crippen LogP contribution in [0.25, 0.3) is 0 Å². The van der Waals surface area contributed by atoms with Crippen LogP contribution in [-0.4, -0.2) is 43.3 Å². The molecule has 2 amide bonds. The molecule has 0 heterocycles. The number of hydrogen-bond donors (Lipinski definition) is 1. The predicted octanol–water partition coefficient (Wildman–Crippen LogP) is 6.40. The second-order valence-corrected chi connectivity index (χ2v) is 14.1. The van der Waals surface area contributed by atoms with E-state index in [0.29, 0.717) is 16.3 Å². The zero-order valence-corrected chi connectivity index (χ0v) is 27.0. The van der Waals surface area contributed by atoms with Crippen molar-refractivity contribution in [3.8, 4) is 0 Å². The average molecular weight is 632 g/mol. The van der Waals surface area contributed by atoms with Gasteiger partial charge in [0.25, 0.3) is 10.0 Å². The molecule has 230 valence electrons. The molecule has 1 atom stereocenters. The van der Waals surface area contributed by atoms with Gasteiger partial charge in [-0.25, -0.2) is 8.42 Å². The zero-order chi connectivity index (χ0) is 31.9. The highest BCUT2D eigenvalue weighted by molar-refractivity contribution is 7.92. The Morgan fingerprint density at radius 3 is 2.00 bits per heavy atom. The molecule has 4 rings (SSSR count). The number of sulfonamides is 1. The van der Waals surface area contributed by atoms with Crippen molar-refractivity contribution in [3.05, 3.63) is 131 Å². The molecular weight excluding hydrogens is 594 g/mol. The lowest BCUT2D eigenvalue weighted by molar-refractivity contribution is -0.140. The summed E-state index contributed by atoms with van der Waals surface area (Å²) in [5.41, 5.74) is 2.25. The molecule has 0 aromatic heterocycles. The number of rotatable bonds is 11. The van der Waals surface area contributed by atoms with Gasteiger partial charge in [0, 0.05) is 23.5 Å². The quantitative estimate of drug-likeness (QED) is 0.208. The van der Waals surface area contributed by atoms with Gasteiger partial charge in [-0.1, -0.05) is 90.0 Å². The van der Waals surface area contributed by atoms with Gasteiger partial charge in [-0.15, -0.1) is 0 Å². The molecule has 9 heteroatoms. The Kier molecular flexibility index (Phi) is 10.5. The lowest BCUT2D eigenvalue weighted by Gasteiger charge is -2.35. The van der Waals surface area contributed by atoms with Gasteiger partial charge in [-0.2, -0.15) is 0 Å². The molecule has 7 nitrogen and oxygen atoms in total. The lowest BCUT2D eigenvalue weighted by Crippen LogP contribution is -2.56. The monoisotopic (exact) mass is 631 g/mol. The van der Waals surface area contributed by atoms with Crippen LogP contribution in [0.15, 0.2) is 114 Å². The van der Waals surface area contributed by atoms with Crippen LogP contribution in [0.5, 0.6) is 0 Å². The lowest BCUT2D eigenvalue weighted by atomic mass is 10.0. The summed E-state index contributed by atoms with van der Waals surface area (Å²) in [6, 6.07) is 30.6. The Morgan fingerprint density at radius 2 is 1.41 bits per heavy atom. The molecule has 0 aliphatic rings. The van der Waals surface area contributed by atoms with Gasteiger partial charge in [0.1, 0.15) is 12.6 Å². The van der Waals surface area contributed by atoms with E-state index in [2.05, 4.69) is 5.32 Å². The molecule has 4 aromatic carbocycles. The van der Waals surface area contributed by atoms with Crippen molar-refractivity contribution < 1.29 is 18.0 Å². The SMILES string of the molecule is Cc1ccc(S(=O)(=O)N(CC(=O)N(Cc2cccc(Cl)c2)C(Cc2ccccc2)C(=O)NC(C)(C)C)c2ccccc2)cc1. The first kappa shape index (κ1) is 32.8. The van der Waals surface area contributed by atoms with Crippen LogP contribution in [0.3, 0.4) is 0 Å². The summed E-state index contributed by atoms with van der Waals surface area (Å²) < 4.78 is 29.2. The zero-order valence-electron chi connectivity index (χ0n) is 25.4. The van der Waals surface area contributed by atoms with E-state index in [1.54, 1.807) is 60.7 Å². The fraction of sp³-hybridized carbons (Fsp3) is 0.257. The van der Waals surface area contributed by atoms with E-state index >= 15 is 0 Å². The van der Waals surface area contributed by atoms with Crippen molar-refractivity contribution in [1.82, 2.24) is 10.2 Å². The van der Waals surface area contributed by atoms with Crippen molar-refractivity contribution >= 4 is 39.1 Å². The third kappa shape index (κ3) is 8.71. The van der Waals surface area contributed by atoms with Crippen LogP contribution in [0.1, 0.15) is 37.5 Å². The van der Waals surface area contributed by atoms with Gasteiger partial charge >= 0.3 is 0 Å². The Bertz CT molecular complexity index is 1670. The molecule has 1 N–H and O–H groups in total. The van der Waals surface area contributed by atoms with E-state index in [0.717, 1.165) is 15.4 Å². The maximum atomic E-state index is 14.5.